The molecule has 2 aliphatic rings. The van der Waals surface area contributed by atoms with Crippen LogP contribution in [0.1, 0.15) is 33.6 Å². The van der Waals surface area contributed by atoms with Crippen LogP contribution in [0.5, 0.6) is 0 Å². The lowest BCUT2D eigenvalue weighted by atomic mass is 9.98. The van der Waals surface area contributed by atoms with Crippen molar-refractivity contribution in [2.45, 2.75) is 18.9 Å². The second kappa shape index (κ2) is 5.48. The van der Waals surface area contributed by atoms with Crippen LogP contribution in [-0.2, 0) is 4.74 Å². The molecular weight excluding hydrogens is 268 g/mol. The van der Waals surface area contributed by atoms with Crippen molar-refractivity contribution in [3.63, 3.8) is 0 Å². The summed E-state index contributed by atoms with van der Waals surface area (Å²) in [4.78, 5) is 25.8. The monoisotopic (exact) mass is 288 g/mol. The Labute approximate surface area is 124 Å². The van der Waals surface area contributed by atoms with Crippen LogP contribution in [0.2, 0.25) is 0 Å². The molecule has 112 valence electrons. The minimum atomic E-state index is -0.393. The Hall–Kier alpha value is -1.88. The number of likely N-dealkylation sites (tertiary alicyclic amines) is 1. The molecule has 21 heavy (non-hydrogen) atoms. The van der Waals surface area contributed by atoms with Gasteiger partial charge < -0.3 is 15.4 Å². The highest BCUT2D eigenvalue weighted by molar-refractivity contribution is 5.96. The molecule has 0 radical (unpaired) electrons. The number of amides is 1. The SMILES string of the molecule is COC(=O)c1ccc(C(=O)N2C[C@@H]3CC[C@H](N)[C@@H]3C2)cc1. The van der Waals surface area contributed by atoms with Crippen LogP contribution in [0.4, 0.5) is 0 Å². The summed E-state index contributed by atoms with van der Waals surface area (Å²) in [6, 6.07) is 6.85. The highest BCUT2D eigenvalue weighted by atomic mass is 16.5. The first kappa shape index (κ1) is 14.1. The maximum absolute atomic E-state index is 12.5. The molecule has 0 aromatic heterocycles. The van der Waals surface area contributed by atoms with E-state index in [0.29, 0.717) is 23.0 Å². The largest absolute Gasteiger partial charge is 0.465 e. The average molecular weight is 288 g/mol. The Kier molecular flexibility index (Phi) is 3.68. The highest BCUT2D eigenvalue weighted by Gasteiger charge is 2.42. The highest BCUT2D eigenvalue weighted by Crippen LogP contribution is 2.37. The van der Waals surface area contributed by atoms with E-state index in [1.165, 1.54) is 7.11 Å². The topological polar surface area (TPSA) is 72.6 Å². The second-order valence-electron chi connectivity index (χ2n) is 5.94. The summed E-state index contributed by atoms with van der Waals surface area (Å²) in [6.07, 6.45) is 2.20. The number of ether oxygens (including phenoxy) is 1. The van der Waals surface area contributed by atoms with Crippen LogP contribution >= 0.6 is 0 Å². The molecule has 1 saturated heterocycles. The van der Waals surface area contributed by atoms with Gasteiger partial charge in [-0.2, -0.15) is 0 Å². The zero-order valence-electron chi connectivity index (χ0n) is 12.1. The minimum Gasteiger partial charge on any atom is -0.465 e. The Morgan fingerprint density at radius 1 is 1.14 bits per heavy atom. The van der Waals surface area contributed by atoms with Crippen LogP contribution in [0, 0.1) is 11.8 Å². The van der Waals surface area contributed by atoms with Gasteiger partial charge in [0.15, 0.2) is 0 Å². The fourth-order valence-electron chi connectivity index (χ4n) is 3.52. The summed E-state index contributed by atoms with van der Waals surface area (Å²) >= 11 is 0. The number of methoxy groups -OCH3 is 1. The predicted octanol–water partition coefficient (Wildman–Crippen LogP) is 1.28. The molecule has 1 amide bonds. The van der Waals surface area contributed by atoms with Crippen LogP contribution in [0.25, 0.3) is 0 Å². The van der Waals surface area contributed by atoms with E-state index in [0.717, 1.165) is 25.9 Å². The molecule has 5 nitrogen and oxygen atoms in total. The van der Waals surface area contributed by atoms with Gasteiger partial charge in [0.2, 0.25) is 0 Å². The molecule has 2 fully saturated rings. The molecule has 2 N–H and O–H groups in total. The van der Waals surface area contributed by atoms with E-state index in [-0.39, 0.29) is 11.9 Å². The van der Waals surface area contributed by atoms with Crippen LogP contribution < -0.4 is 5.73 Å². The zero-order valence-corrected chi connectivity index (χ0v) is 12.1. The first-order chi connectivity index (χ1) is 10.1. The van der Waals surface area contributed by atoms with Crippen LogP contribution in [-0.4, -0.2) is 43.0 Å². The van der Waals surface area contributed by atoms with Crippen molar-refractivity contribution < 1.29 is 14.3 Å². The van der Waals surface area contributed by atoms with Crippen molar-refractivity contribution in [3.05, 3.63) is 35.4 Å². The molecule has 1 aliphatic carbocycles. The fraction of sp³-hybridized carbons (Fsp3) is 0.500. The van der Waals surface area contributed by atoms with Crippen molar-refractivity contribution in [3.8, 4) is 0 Å². The van der Waals surface area contributed by atoms with E-state index in [2.05, 4.69) is 4.74 Å². The number of benzene rings is 1. The lowest BCUT2D eigenvalue weighted by Gasteiger charge is -2.19. The van der Waals surface area contributed by atoms with Gasteiger partial charge in [0, 0.05) is 24.7 Å². The molecule has 1 heterocycles. The number of hydrogen-bond donors (Lipinski definition) is 1. The van der Waals surface area contributed by atoms with E-state index in [4.69, 9.17) is 5.73 Å². The van der Waals surface area contributed by atoms with Crippen molar-refractivity contribution in [1.82, 2.24) is 4.90 Å². The second-order valence-corrected chi connectivity index (χ2v) is 5.94. The lowest BCUT2D eigenvalue weighted by molar-refractivity contribution is 0.0600. The fourth-order valence-corrected chi connectivity index (χ4v) is 3.52. The number of esters is 1. The van der Waals surface area contributed by atoms with Gasteiger partial charge in [-0.05, 0) is 48.9 Å². The maximum atomic E-state index is 12.5. The standard InChI is InChI=1S/C16H20N2O3/c1-21-16(20)11-4-2-10(3-5-11)15(19)18-8-12-6-7-14(17)13(12)9-18/h2-5,12-14H,6-9,17H2,1H3/t12-,13+,14-/m0/s1. The molecular formula is C16H20N2O3. The van der Waals surface area contributed by atoms with Gasteiger partial charge in [-0.25, -0.2) is 4.79 Å². The first-order valence-corrected chi connectivity index (χ1v) is 7.33. The smallest absolute Gasteiger partial charge is 0.337 e. The molecule has 3 rings (SSSR count). The third-order valence-electron chi connectivity index (χ3n) is 4.75. The van der Waals surface area contributed by atoms with Gasteiger partial charge in [-0.3, -0.25) is 4.79 Å². The number of carbonyl (C=O) groups excluding carboxylic acids is 2. The quantitative estimate of drug-likeness (QED) is 0.832. The molecule has 0 spiro atoms. The third kappa shape index (κ3) is 2.53. The van der Waals surface area contributed by atoms with Crippen molar-refractivity contribution >= 4 is 11.9 Å². The third-order valence-corrected chi connectivity index (χ3v) is 4.75. The number of carbonyl (C=O) groups is 2. The summed E-state index contributed by atoms with van der Waals surface area (Å²) in [6.45, 7) is 1.55. The van der Waals surface area contributed by atoms with Gasteiger partial charge >= 0.3 is 5.97 Å². The molecule has 3 atom stereocenters. The summed E-state index contributed by atoms with van der Waals surface area (Å²) in [7, 11) is 1.34. The Morgan fingerprint density at radius 2 is 1.81 bits per heavy atom. The lowest BCUT2D eigenvalue weighted by Crippen LogP contribution is -2.33. The molecule has 0 unspecified atom stereocenters. The van der Waals surface area contributed by atoms with Gasteiger partial charge in [-0.1, -0.05) is 0 Å². The average Bonchev–Trinajstić information content (AvgIpc) is 3.08. The van der Waals surface area contributed by atoms with Gasteiger partial charge in [-0.15, -0.1) is 0 Å². The van der Waals surface area contributed by atoms with E-state index < -0.39 is 5.97 Å². The van der Waals surface area contributed by atoms with Crippen LogP contribution in [0.3, 0.4) is 0 Å². The number of nitrogens with two attached hydrogens (primary N) is 1. The first-order valence-electron chi connectivity index (χ1n) is 7.33. The normalized spacial score (nSPS) is 27.5. The van der Waals surface area contributed by atoms with Gasteiger partial charge in [0.1, 0.15) is 0 Å². The number of nitrogens with zero attached hydrogens (tertiary/aromatic N) is 1. The summed E-state index contributed by atoms with van der Waals surface area (Å²) < 4.78 is 4.65. The number of fused-ring (bicyclic) bond motifs is 1. The zero-order chi connectivity index (χ0) is 15.0. The molecule has 0 bridgehead atoms. The van der Waals surface area contributed by atoms with Crippen LogP contribution in [0.15, 0.2) is 24.3 Å². The summed E-state index contributed by atoms with van der Waals surface area (Å²) in [5.41, 5.74) is 7.16. The van der Waals surface area contributed by atoms with Crippen molar-refractivity contribution in [2.24, 2.45) is 17.6 Å². The Morgan fingerprint density at radius 3 is 2.43 bits per heavy atom. The minimum absolute atomic E-state index is 0.0213. The van der Waals surface area contributed by atoms with E-state index in [9.17, 15) is 9.59 Å². The number of rotatable bonds is 2. The predicted molar refractivity (Wildman–Crippen MR) is 77.9 cm³/mol. The molecule has 1 aromatic rings. The molecule has 1 saturated carbocycles. The summed E-state index contributed by atoms with van der Waals surface area (Å²) in [5, 5.41) is 0. The maximum Gasteiger partial charge on any atom is 0.337 e. The molecule has 1 aliphatic heterocycles. The van der Waals surface area contributed by atoms with E-state index in [1.807, 2.05) is 4.90 Å². The van der Waals surface area contributed by atoms with E-state index >= 15 is 0 Å². The summed E-state index contributed by atoms with van der Waals surface area (Å²) in [5.74, 6) is 0.630. The molecule has 5 heteroatoms. The molecule has 1 aromatic carbocycles. The Bertz CT molecular complexity index is 555. The Balaban J connectivity index is 1.70. The van der Waals surface area contributed by atoms with E-state index in [1.54, 1.807) is 24.3 Å². The number of hydrogen-bond acceptors (Lipinski definition) is 4. The van der Waals surface area contributed by atoms with Crippen molar-refractivity contribution in [1.29, 1.82) is 0 Å². The van der Waals surface area contributed by atoms with Crippen molar-refractivity contribution in [2.75, 3.05) is 20.2 Å². The van der Waals surface area contributed by atoms with Gasteiger partial charge in [0.05, 0.1) is 12.7 Å². The van der Waals surface area contributed by atoms with Gasteiger partial charge in [0.25, 0.3) is 5.91 Å².